The molecule has 0 unspecified atom stereocenters. The molecule has 2 N–H and O–H groups in total. The van der Waals surface area contributed by atoms with Gasteiger partial charge in [0, 0.05) is 38.0 Å². The van der Waals surface area contributed by atoms with Crippen molar-refractivity contribution in [2.75, 3.05) is 37.7 Å². The van der Waals surface area contributed by atoms with E-state index < -0.39 is 17.4 Å². The number of phenols is 1. The molecule has 4 aliphatic heterocycles. The van der Waals surface area contributed by atoms with Crippen LogP contribution in [0.3, 0.4) is 0 Å². The van der Waals surface area contributed by atoms with Crippen LogP contribution < -0.4 is 9.64 Å². The largest absolute Gasteiger partial charge is 0.508 e. The maximum Gasteiger partial charge on any atom is 0.318 e. The molecule has 0 saturated carbocycles. The lowest BCUT2D eigenvalue weighted by atomic mass is 9.86. The van der Waals surface area contributed by atoms with Gasteiger partial charge < -0.3 is 24.6 Å². The summed E-state index contributed by atoms with van der Waals surface area (Å²) < 4.78 is 27.3. The van der Waals surface area contributed by atoms with Gasteiger partial charge in [-0.15, -0.1) is 0 Å². The Kier molecular flexibility index (Phi) is 5.66. The zero-order chi connectivity index (χ0) is 26.1. The molecule has 1 aliphatic carbocycles. The van der Waals surface area contributed by atoms with E-state index in [1.807, 2.05) is 19.1 Å². The van der Waals surface area contributed by atoms with E-state index in [9.17, 15) is 14.6 Å². The number of aromatic nitrogens is 2. The van der Waals surface area contributed by atoms with E-state index in [1.54, 1.807) is 6.07 Å². The fraction of sp³-hybridized carbons (Fsp3) is 0.655. The molecule has 3 saturated heterocycles. The molecule has 38 heavy (non-hydrogen) atoms. The second-order valence-electron chi connectivity index (χ2n) is 12.4. The monoisotopic (exact) mass is 524 g/mol. The van der Waals surface area contributed by atoms with Crippen LogP contribution in [0, 0.1) is 0 Å². The molecule has 9 heteroatoms. The van der Waals surface area contributed by atoms with Crippen LogP contribution in [0.1, 0.15) is 67.8 Å². The fourth-order valence-electron chi connectivity index (χ4n) is 7.71. The van der Waals surface area contributed by atoms with E-state index in [4.69, 9.17) is 19.4 Å². The number of hydrogen-bond donors (Lipinski definition) is 2. The summed E-state index contributed by atoms with van der Waals surface area (Å²) in [6, 6.07) is 5.87. The molecule has 5 aliphatic rings. The normalized spacial score (nSPS) is 34.4. The SMILES string of the molecule is C[C@@]1(O)CCCN(c2nc(OC[C@@]34CCCN3C[C@H](F)C4)nc3c2CO[C@@]2(CCc4ccc(O)cc42)C3)C1. The first-order valence-corrected chi connectivity index (χ1v) is 14.1. The molecule has 3 fully saturated rings. The van der Waals surface area contributed by atoms with E-state index in [2.05, 4.69) is 9.80 Å². The lowest BCUT2D eigenvalue weighted by molar-refractivity contribution is -0.0732. The number of phenolic OH excluding ortho intramolecular Hbond substituents is 1. The van der Waals surface area contributed by atoms with Crippen LogP contribution in [0.4, 0.5) is 10.2 Å². The molecule has 1 aromatic heterocycles. The van der Waals surface area contributed by atoms with Gasteiger partial charge in [0.2, 0.25) is 0 Å². The molecule has 0 radical (unpaired) electrons. The quantitative estimate of drug-likeness (QED) is 0.629. The second-order valence-corrected chi connectivity index (χ2v) is 12.4. The van der Waals surface area contributed by atoms with Crippen molar-refractivity contribution in [2.45, 2.75) is 87.8 Å². The van der Waals surface area contributed by atoms with Gasteiger partial charge in [-0.1, -0.05) is 6.07 Å². The van der Waals surface area contributed by atoms with Crippen LogP contribution in [0.2, 0.25) is 0 Å². The Morgan fingerprint density at radius 1 is 1.18 bits per heavy atom. The van der Waals surface area contributed by atoms with Gasteiger partial charge in [0.25, 0.3) is 0 Å². The number of fused-ring (bicyclic) bond motifs is 4. The summed E-state index contributed by atoms with van der Waals surface area (Å²) in [7, 11) is 0. The number of alkyl halides is 1. The van der Waals surface area contributed by atoms with Gasteiger partial charge in [-0.05, 0) is 75.3 Å². The molecule has 1 aromatic carbocycles. The number of anilines is 1. The molecule has 5 heterocycles. The summed E-state index contributed by atoms with van der Waals surface area (Å²) in [4.78, 5) is 14.2. The Labute approximate surface area is 222 Å². The second kappa shape index (κ2) is 8.76. The number of hydrogen-bond acceptors (Lipinski definition) is 8. The van der Waals surface area contributed by atoms with Crippen LogP contribution in [-0.4, -0.2) is 75.2 Å². The lowest BCUT2D eigenvalue weighted by Gasteiger charge is -2.41. The molecule has 2 aromatic rings. The standard InChI is InChI=1S/C29H37FN4O4/c1-27(36)7-2-10-33(17-27)25-22-16-38-29(9-6-19-4-5-21(35)12-23(19)29)14-24(22)31-26(32-25)37-18-28-8-3-11-34(28)15-20(30)13-28/h4-5,12,20,35-36H,2-3,6-11,13-18H2,1H3/t20-,27-,28+,29+/m1/s1. The Bertz CT molecular complexity index is 1260. The highest BCUT2D eigenvalue weighted by atomic mass is 19.1. The third-order valence-electron chi connectivity index (χ3n) is 9.58. The molecule has 1 spiro atoms. The van der Waals surface area contributed by atoms with Gasteiger partial charge in [0.05, 0.1) is 29.0 Å². The van der Waals surface area contributed by atoms with Crippen molar-refractivity contribution in [1.82, 2.24) is 14.9 Å². The predicted molar refractivity (Wildman–Crippen MR) is 139 cm³/mol. The number of halogens is 1. The average Bonchev–Trinajstić information content (AvgIpc) is 3.52. The van der Waals surface area contributed by atoms with Gasteiger partial charge in [-0.3, -0.25) is 4.90 Å². The van der Waals surface area contributed by atoms with Gasteiger partial charge in [0.15, 0.2) is 0 Å². The van der Waals surface area contributed by atoms with Crippen LogP contribution in [-0.2, 0) is 29.8 Å². The first-order valence-electron chi connectivity index (χ1n) is 14.1. The van der Waals surface area contributed by atoms with E-state index in [0.717, 1.165) is 74.3 Å². The maximum absolute atomic E-state index is 14.3. The summed E-state index contributed by atoms with van der Waals surface area (Å²) in [5.74, 6) is 1.01. The molecule has 0 amide bonds. The minimum atomic E-state index is -0.814. The van der Waals surface area contributed by atoms with Crippen LogP contribution in [0.5, 0.6) is 11.8 Å². The third-order valence-corrected chi connectivity index (χ3v) is 9.58. The number of aromatic hydroxyl groups is 1. The molecule has 4 atom stereocenters. The lowest BCUT2D eigenvalue weighted by Crippen LogP contribution is -2.47. The number of ether oxygens (including phenoxy) is 2. The summed E-state index contributed by atoms with van der Waals surface area (Å²) in [6.45, 7) is 5.28. The minimum Gasteiger partial charge on any atom is -0.508 e. The van der Waals surface area contributed by atoms with Gasteiger partial charge in [-0.25, -0.2) is 4.39 Å². The van der Waals surface area contributed by atoms with Crippen molar-refractivity contribution in [3.05, 3.63) is 40.6 Å². The first kappa shape index (κ1) is 24.5. The van der Waals surface area contributed by atoms with Crippen molar-refractivity contribution in [1.29, 1.82) is 0 Å². The Hall–Kier alpha value is -2.49. The number of benzene rings is 1. The smallest absolute Gasteiger partial charge is 0.318 e. The molecule has 8 nitrogen and oxygen atoms in total. The Balaban J connectivity index is 1.24. The van der Waals surface area contributed by atoms with Crippen molar-refractivity contribution < 1.29 is 24.1 Å². The number of aliphatic hydroxyl groups is 1. The third kappa shape index (κ3) is 4.05. The first-order chi connectivity index (χ1) is 18.2. The summed E-state index contributed by atoms with van der Waals surface area (Å²) in [5, 5.41) is 21.1. The van der Waals surface area contributed by atoms with Crippen molar-refractivity contribution >= 4 is 5.82 Å². The number of nitrogens with zero attached hydrogens (tertiary/aromatic N) is 4. The summed E-state index contributed by atoms with van der Waals surface area (Å²) in [5.41, 5.74) is 2.47. The number of piperidine rings is 1. The fourth-order valence-corrected chi connectivity index (χ4v) is 7.71. The number of rotatable bonds is 4. The zero-order valence-corrected chi connectivity index (χ0v) is 22.1. The molecule has 204 valence electrons. The molecule has 0 bridgehead atoms. The van der Waals surface area contributed by atoms with Crippen molar-refractivity contribution in [3.63, 3.8) is 0 Å². The highest BCUT2D eigenvalue weighted by Gasteiger charge is 2.50. The van der Waals surface area contributed by atoms with Crippen molar-refractivity contribution in [2.24, 2.45) is 0 Å². The van der Waals surface area contributed by atoms with Crippen LogP contribution in [0.25, 0.3) is 0 Å². The van der Waals surface area contributed by atoms with E-state index >= 15 is 0 Å². The van der Waals surface area contributed by atoms with Gasteiger partial charge >= 0.3 is 6.01 Å². The Morgan fingerprint density at radius 3 is 2.92 bits per heavy atom. The Morgan fingerprint density at radius 2 is 2.05 bits per heavy atom. The molecular weight excluding hydrogens is 487 g/mol. The number of aryl methyl sites for hydroxylation is 1. The molecular formula is C29H37FN4O4. The van der Waals surface area contributed by atoms with Gasteiger partial charge in [-0.2, -0.15) is 9.97 Å². The highest BCUT2D eigenvalue weighted by molar-refractivity contribution is 5.53. The number of β-amino-alcohol motifs (C(OH)–C–C–N with tert-alkyl or cyclic N) is 1. The summed E-state index contributed by atoms with van der Waals surface area (Å²) in [6.07, 6.45) is 5.58. The maximum atomic E-state index is 14.3. The van der Waals surface area contributed by atoms with E-state index in [1.165, 1.54) is 5.56 Å². The highest BCUT2D eigenvalue weighted by Crippen LogP contribution is 2.48. The minimum absolute atomic E-state index is 0.241. The van der Waals surface area contributed by atoms with Crippen LogP contribution in [0.15, 0.2) is 18.2 Å². The predicted octanol–water partition coefficient (Wildman–Crippen LogP) is 3.40. The van der Waals surface area contributed by atoms with Gasteiger partial charge in [0.1, 0.15) is 24.3 Å². The van der Waals surface area contributed by atoms with E-state index in [-0.39, 0.29) is 11.3 Å². The summed E-state index contributed by atoms with van der Waals surface area (Å²) >= 11 is 0. The zero-order valence-electron chi connectivity index (χ0n) is 22.1. The van der Waals surface area contributed by atoms with E-state index in [0.29, 0.717) is 45.2 Å². The topological polar surface area (TPSA) is 91.2 Å². The average molecular weight is 525 g/mol. The van der Waals surface area contributed by atoms with Crippen molar-refractivity contribution in [3.8, 4) is 11.8 Å². The molecule has 7 rings (SSSR count). The van der Waals surface area contributed by atoms with Crippen LogP contribution >= 0.6 is 0 Å².